The van der Waals surface area contributed by atoms with Crippen molar-refractivity contribution in [3.8, 4) is 0 Å². The van der Waals surface area contributed by atoms with Crippen LogP contribution in [0.1, 0.15) is 122 Å². The van der Waals surface area contributed by atoms with Crippen LogP contribution in [0.3, 0.4) is 0 Å². The Bertz CT molecular complexity index is 726. The van der Waals surface area contributed by atoms with Gasteiger partial charge in [-0.2, -0.15) is 0 Å². The fourth-order valence-corrected chi connectivity index (χ4v) is 4.44. The second-order valence-electron chi connectivity index (χ2n) is 10.1. The Balaban J connectivity index is 2.29. The van der Waals surface area contributed by atoms with Gasteiger partial charge in [0.2, 0.25) is 17.7 Å². The second kappa shape index (κ2) is 21.6. The zero-order valence-corrected chi connectivity index (χ0v) is 23.1. The van der Waals surface area contributed by atoms with Gasteiger partial charge in [0, 0.05) is 24.7 Å². The molecule has 0 saturated carbocycles. The maximum atomic E-state index is 12.9. The van der Waals surface area contributed by atoms with Crippen molar-refractivity contribution in [1.82, 2.24) is 20.6 Å². The molecule has 0 fully saturated rings. The number of primary amides is 1. The first-order valence-electron chi connectivity index (χ1n) is 14.5. The average Bonchev–Trinajstić information content (AvgIpc) is 3.39. The number of imidazole rings is 1. The third kappa shape index (κ3) is 16.9. The van der Waals surface area contributed by atoms with Crippen molar-refractivity contribution in [3.05, 3.63) is 18.2 Å². The van der Waals surface area contributed by atoms with Gasteiger partial charge in [-0.1, -0.05) is 84.0 Å². The second-order valence-corrected chi connectivity index (χ2v) is 10.1. The van der Waals surface area contributed by atoms with E-state index in [4.69, 9.17) is 11.5 Å². The number of amides is 3. The quantitative estimate of drug-likeness (QED) is 0.130. The van der Waals surface area contributed by atoms with Crippen molar-refractivity contribution < 1.29 is 14.4 Å². The number of hydrogen-bond donors (Lipinski definition) is 5. The molecule has 1 aromatic heterocycles. The number of unbranched alkanes of at least 4 members (excludes halogenated alkanes) is 13. The average molecular weight is 521 g/mol. The number of rotatable bonds is 24. The van der Waals surface area contributed by atoms with Gasteiger partial charge in [-0.15, -0.1) is 0 Å². The molecule has 0 radical (unpaired) electrons. The molecule has 0 aliphatic rings. The van der Waals surface area contributed by atoms with Crippen LogP contribution in [0.25, 0.3) is 0 Å². The highest BCUT2D eigenvalue weighted by atomic mass is 16.2. The highest BCUT2D eigenvalue weighted by Crippen LogP contribution is 2.13. The van der Waals surface area contributed by atoms with Gasteiger partial charge >= 0.3 is 0 Å². The molecule has 0 aliphatic carbocycles. The monoisotopic (exact) mass is 520 g/mol. The molecule has 7 N–H and O–H groups in total. The number of aromatic nitrogens is 2. The summed E-state index contributed by atoms with van der Waals surface area (Å²) in [6, 6.07) is -1.60. The molecule has 37 heavy (non-hydrogen) atoms. The topological polar surface area (TPSA) is 156 Å². The highest BCUT2D eigenvalue weighted by molar-refractivity contribution is 5.91. The third-order valence-electron chi connectivity index (χ3n) is 6.74. The lowest BCUT2D eigenvalue weighted by molar-refractivity contribution is -0.131. The summed E-state index contributed by atoms with van der Waals surface area (Å²) in [5.74, 6) is -1.18. The Morgan fingerprint density at radius 1 is 0.838 bits per heavy atom. The van der Waals surface area contributed by atoms with Crippen molar-refractivity contribution in [2.45, 2.75) is 135 Å². The summed E-state index contributed by atoms with van der Waals surface area (Å²) in [6.07, 6.45) is 21.8. The summed E-state index contributed by atoms with van der Waals surface area (Å²) in [5.41, 5.74) is 11.8. The summed E-state index contributed by atoms with van der Waals surface area (Å²) in [4.78, 5) is 44.2. The van der Waals surface area contributed by atoms with Gasteiger partial charge in [0.05, 0.1) is 6.33 Å². The number of aromatic amines is 1. The van der Waals surface area contributed by atoms with Crippen molar-refractivity contribution in [3.63, 3.8) is 0 Å². The van der Waals surface area contributed by atoms with E-state index < -0.39 is 23.9 Å². The molecule has 0 saturated heterocycles. The van der Waals surface area contributed by atoms with Gasteiger partial charge < -0.3 is 27.1 Å². The zero-order valence-electron chi connectivity index (χ0n) is 23.1. The van der Waals surface area contributed by atoms with Crippen LogP contribution in [0.2, 0.25) is 0 Å². The number of nitrogens with zero attached hydrogens (tertiary/aromatic N) is 1. The van der Waals surface area contributed by atoms with E-state index in [0.717, 1.165) is 25.7 Å². The maximum absolute atomic E-state index is 12.9. The Kier molecular flexibility index (Phi) is 19.1. The van der Waals surface area contributed by atoms with Crippen LogP contribution in [-0.2, 0) is 20.8 Å². The Morgan fingerprint density at radius 2 is 1.43 bits per heavy atom. The van der Waals surface area contributed by atoms with Crippen molar-refractivity contribution in [2.75, 3.05) is 6.54 Å². The lowest BCUT2D eigenvalue weighted by Crippen LogP contribution is -2.53. The van der Waals surface area contributed by atoms with Crippen molar-refractivity contribution >= 4 is 17.7 Å². The lowest BCUT2D eigenvalue weighted by atomic mass is 10.0. The third-order valence-corrected chi connectivity index (χ3v) is 6.74. The van der Waals surface area contributed by atoms with E-state index in [9.17, 15) is 14.4 Å². The highest BCUT2D eigenvalue weighted by Gasteiger charge is 2.25. The van der Waals surface area contributed by atoms with Crippen molar-refractivity contribution in [2.24, 2.45) is 11.5 Å². The number of carbonyl (C=O) groups is 3. The number of nitrogens with two attached hydrogens (primary N) is 2. The summed E-state index contributed by atoms with van der Waals surface area (Å²) in [6.45, 7) is 2.77. The standard InChI is InChI=1S/C28H52N6O3/c1-2-3-4-5-6-7-8-9-10-11-12-13-14-18-26(35)33-24(17-15-16-19-29)28(37)34-25(27(30)36)20-23-21-31-22-32-23/h21-22,24-25H,2-20,29H2,1H3,(H2,30,36)(H,31,32)(H,33,35)(H,34,37)/t24-,25+/m0/s1. The molecule has 9 nitrogen and oxygen atoms in total. The molecule has 0 spiro atoms. The Morgan fingerprint density at radius 3 is 1.95 bits per heavy atom. The van der Waals surface area contributed by atoms with E-state index in [0.29, 0.717) is 31.5 Å². The van der Waals surface area contributed by atoms with E-state index in [1.54, 1.807) is 6.20 Å². The smallest absolute Gasteiger partial charge is 0.243 e. The molecule has 1 heterocycles. The van der Waals surface area contributed by atoms with Crippen LogP contribution < -0.4 is 22.1 Å². The van der Waals surface area contributed by atoms with Crippen LogP contribution in [0.5, 0.6) is 0 Å². The molecular weight excluding hydrogens is 468 g/mol. The molecule has 2 atom stereocenters. The maximum Gasteiger partial charge on any atom is 0.243 e. The predicted molar refractivity (Wildman–Crippen MR) is 149 cm³/mol. The summed E-state index contributed by atoms with van der Waals surface area (Å²) in [5, 5.41) is 5.56. The fraction of sp³-hybridized carbons (Fsp3) is 0.786. The molecule has 0 aromatic carbocycles. The predicted octanol–water partition coefficient (Wildman–Crippen LogP) is 4.02. The number of nitrogens with one attached hydrogen (secondary N) is 3. The minimum Gasteiger partial charge on any atom is -0.368 e. The molecule has 0 aliphatic heterocycles. The van der Waals surface area contributed by atoms with Crippen LogP contribution in [0, 0.1) is 0 Å². The zero-order chi connectivity index (χ0) is 27.1. The first-order valence-corrected chi connectivity index (χ1v) is 14.5. The van der Waals surface area contributed by atoms with Crippen LogP contribution >= 0.6 is 0 Å². The van der Waals surface area contributed by atoms with Crippen LogP contribution in [-0.4, -0.2) is 46.3 Å². The first kappa shape index (κ1) is 32.6. The summed E-state index contributed by atoms with van der Waals surface area (Å²) < 4.78 is 0. The minimum atomic E-state index is -0.886. The fourth-order valence-electron chi connectivity index (χ4n) is 4.44. The van der Waals surface area contributed by atoms with E-state index >= 15 is 0 Å². The molecule has 0 bridgehead atoms. The SMILES string of the molecule is CCCCCCCCCCCCCCCC(=O)N[C@@H](CCCCN)C(=O)N[C@H](Cc1cnc[nH]1)C(N)=O. The summed E-state index contributed by atoms with van der Waals surface area (Å²) in [7, 11) is 0. The Labute approximate surface area is 223 Å². The first-order chi connectivity index (χ1) is 18.0. The number of carbonyl (C=O) groups excluding carboxylic acids is 3. The van der Waals surface area contributed by atoms with E-state index in [1.165, 1.54) is 70.5 Å². The summed E-state index contributed by atoms with van der Waals surface area (Å²) >= 11 is 0. The molecule has 0 unspecified atom stereocenters. The largest absolute Gasteiger partial charge is 0.368 e. The lowest BCUT2D eigenvalue weighted by Gasteiger charge is -2.22. The molecule has 9 heteroatoms. The molecule has 1 aromatic rings. The van der Waals surface area contributed by atoms with Crippen LogP contribution in [0.4, 0.5) is 0 Å². The van der Waals surface area contributed by atoms with Crippen LogP contribution in [0.15, 0.2) is 12.5 Å². The van der Waals surface area contributed by atoms with Gasteiger partial charge in [0.15, 0.2) is 0 Å². The molecule has 212 valence electrons. The van der Waals surface area contributed by atoms with Gasteiger partial charge in [-0.3, -0.25) is 14.4 Å². The molecule has 1 rings (SSSR count). The molecule has 3 amide bonds. The van der Waals surface area contributed by atoms with E-state index in [2.05, 4.69) is 27.5 Å². The normalized spacial score (nSPS) is 12.7. The van der Waals surface area contributed by atoms with Gasteiger partial charge in [0.1, 0.15) is 12.1 Å². The molecular formula is C28H52N6O3. The van der Waals surface area contributed by atoms with E-state index in [-0.39, 0.29) is 12.3 Å². The van der Waals surface area contributed by atoms with Gasteiger partial charge in [0.25, 0.3) is 0 Å². The van der Waals surface area contributed by atoms with Gasteiger partial charge in [-0.05, 0) is 32.2 Å². The number of hydrogen-bond acceptors (Lipinski definition) is 5. The van der Waals surface area contributed by atoms with Gasteiger partial charge in [-0.25, -0.2) is 4.98 Å². The Hall–Kier alpha value is -2.42. The van der Waals surface area contributed by atoms with Crippen molar-refractivity contribution in [1.29, 1.82) is 0 Å². The number of H-pyrrole nitrogens is 1. The van der Waals surface area contributed by atoms with E-state index in [1.807, 2.05) is 0 Å². The minimum absolute atomic E-state index is 0.139.